The van der Waals surface area contributed by atoms with Crippen molar-refractivity contribution in [3.8, 4) is 0 Å². The molecule has 3 nitrogen and oxygen atoms in total. The monoisotopic (exact) mass is 283 g/mol. The summed E-state index contributed by atoms with van der Waals surface area (Å²) in [6.07, 6.45) is 4.56. The predicted octanol–water partition coefficient (Wildman–Crippen LogP) is 3.40. The fourth-order valence-corrected chi connectivity index (χ4v) is 2.36. The largest absolute Gasteiger partial charge is 0.367 e. The van der Waals surface area contributed by atoms with Crippen molar-refractivity contribution in [3.63, 3.8) is 0 Å². The number of hydrogen-bond donors (Lipinski definition) is 1. The van der Waals surface area contributed by atoms with E-state index in [-0.39, 0.29) is 0 Å². The van der Waals surface area contributed by atoms with Gasteiger partial charge in [0.15, 0.2) is 0 Å². The van der Waals surface area contributed by atoms with Crippen molar-refractivity contribution < 1.29 is 0 Å². The Kier molecular flexibility index (Phi) is 3.79. The van der Waals surface area contributed by atoms with Gasteiger partial charge < -0.3 is 5.32 Å². The highest BCUT2D eigenvalue weighted by Gasteiger charge is 2.35. The Morgan fingerprint density at radius 2 is 2.25 bits per heavy atom. The first-order chi connectivity index (χ1) is 7.72. The molecule has 2 rings (SSSR count). The van der Waals surface area contributed by atoms with E-state index < -0.39 is 0 Å². The smallest absolute Gasteiger partial charge is 0.132 e. The highest BCUT2D eigenvalue weighted by molar-refractivity contribution is 9.10. The quantitative estimate of drug-likeness (QED) is 0.842. The zero-order valence-corrected chi connectivity index (χ0v) is 11.4. The van der Waals surface area contributed by atoms with Gasteiger partial charge in [0.05, 0.1) is 0 Å². The molecule has 4 heteroatoms. The number of halogens is 1. The maximum absolute atomic E-state index is 4.52. The highest BCUT2D eigenvalue weighted by Crippen LogP contribution is 2.35. The fourth-order valence-electron chi connectivity index (χ4n) is 1.94. The summed E-state index contributed by atoms with van der Waals surface area (Å²) < 4.78 is 0.877. The minimum atomic E-state index is 0.626. The van der Waals surface area contributed by atoms with Crippen LogP contribution in [0, 0.1) is 5.92 Å². The van der Waals surface area contributed by atoms with Crippen LogP contribution in [-0.2, 0) is 6.42 Å². The van der Waals surface area contributed by atoms with Crippen molar-refractivity contribution in [2.75, 3.05) is 5.32 Å². The number of anilines is 1. The molecule has 2 atom stereocenters. The van der Waals surface area contributed by atoms with Gasteiger partial charge in [-0.1, -0.05) is 20.3 Å². The molecule has 88 valence electrons. The lowest BCUT2D eigenvalue weighted by Crippen LogP contribution is -2.08. The molecule has 0 amide bonds. The fraction of sp³-hybridized carbons (Fsp3) is 0.667. The molecule has 0 saturated heterocycles. The number of aromatic nitrogens is 2. The van der Waals surface area contributed by atoms with Gasteiger partial charge in [-0.2, -0.15) is 0 Å². The van der Waals surface area contributed by atoms with Gasteiger partial charge >= 0.3 is 0 Å². The van der Waals surface area contributed by atoms with Crippen LogP contribution in [0.1, 0.15) is 38.9 Å². The molecule has 1 aromatic rings. The zero-order valence-electron chi connectivity index (χ0n) is 9.83. The van der Waals surface area contributed by atoms with Gasteiger partial charge in [-0.3, -0.25) is 0 Å². The molecule has 16 heavy (non-hydrogen) atoms. The first-order valence-electron chi connectivity index (χ1n) is 6.03. The Balaban J connectivity index is 2.03. The predicted molar refractivity (Wildman–Crippen MR) is 69.5 cm³/mol. The molecule has 0 bridgehead atoms. The second kappa shape index (κ2) is 5.13. The van der Waals surface area contributed by atoms with E-state index in [1.165, 1.54) is 12.8 Å². The number of aryl methyl sites for hydroxylation is 1. The number of rotatable bonds is 5. The second-order valence-electron chi connectivity index (χ2n) is 4.40. The third-order valence-electron chi connectivity index (χ3n) is 3.00. The highest BCUT2D eigenvalue weighted by atomic mass is 79.9. The minimum Gasteiger partial charge on any atom is -0.367 e. The van der Waals surface area contributed by atoms with Crippen LogP contribution in [0.25, 0.3) is 0 Å². The Labute approximate surface area is 105 Å². The van der Waals surface area contributed by atoms with E-state index in [2.05, 4.69) is 45.1 Å². The minimum absolute atomic E-state index is 0.626. The van der Waals surface area contributed by atoms with Crippen LogP contribution in [0.4, 0.5) is 5.82 Å². The second-order valence-corrected chi connectivity index (χ2v) is 5.21. The Morgan fingerprint density at radius 3 is 2.88 bits per heavy atom. The van der Waals surface area contributed by atoms with E-state index in [0.29, 0.717) is 6.04 Å². The van der Waals surface area contributed by atoms with Gasteiger partial charge in [0.25, 0.3) is 0 Å². The molecular weight excluding hydrogens is 266 g/mol. The average Bonchev–Trinajstić information content (AvgIpc) is 2.96. The molecule has 1 aromatic heterocycles. The van der Waals surface area contributed by atoms with E-state index >= 15 is 0 Å². The van der Waals surface area contributed by atoms with E-state index in [4.69, 9.17) is 0 Å². The van der Waals surface area contributed by atoms with Gasteiger partial charge in [-0.25, -0.2) is 9.97 Å². The number of nitrogens with zero attached hydrogens (tertiary/aromatic N) is 2. The summed E-state index contributed by atoms with van der Waals surface area (Å²) in [5, 5.41) is 3.48. The maximum atomic E-state index is 4.52. The molecule has 0 spiro atoms. The summed E-state index contributed by atoms with van der Waals surface area (Å²) in [6.45, 7) is 4.39. The lowest BCUT2D eigenvalue weighted by atomic mass is 10.3. The van der Waals surface area contributed by atoms with Crippen LogP contribution in [0.15, 0.2) is 10.7 Å². The third-order valence-corrected chi connectivity index (χ3v) is 3.40. The Hall–Kier alpha value is -0.640. The lowest BCUT2D eigenvalue weighted by Gasteiger charge is -2.07. The van der Waals surface area contributed by atoms with Gasteiger partial charge in [-0.05, 0) is 34.7 Å². The number of nitrogens with one attached hydrogen (secondary N) is 1. The molecule has 0 radical (unpaired) electrons. The van der Waals surface area contributed by atoms with E-state index in [9.17, 15) is 0 Å². The SMILES string of the molecule is CCCc1nc(Br)cc(NC2CC2CC)n1. The average molecular weight is 284 g/mol. The van der Waals surface area contributed by atoms with E-state index in [1.54, 1.807) is 0 Å². The molecule has 0 aromatic carbocycles. The maximum Gasteiger partial charge on any atom is 0.132 e. The lowest BCUT2D eigenvalue weighted by molar-refractivity contribution is 0.770. The molecule has 2 unspecified atom stereocenters. The summed E-state index contributed by atoms with van der Waals surface area (Å²) in [4.78, 5) is 8.88. The van der Waals surface area contributed by atoms with Gasteiger partial charge in [0.2, 0.25) is 0 Å². The summed E-state index contributed by atoms with van der Waals surface area (Å²) in [6, 6.07) is 2.59. The van der Waals surface area contributed by atoms with Crippen molar-refractivity contribution >= 4 is 21.7 Å². The summed E-state index contributed by atoms with van der Waals surface area (Å²) in [5.41, 5.74) is 0. The van der Waals surface area contributed by atoms with Crippen molar-refractivity contribution in [3.05, 3.63) is 16.5 Å². The molecule has 1 N–H and O–H groups in total. The molecule has 1 heterocycles. The van der Waals surface area contributed by atoms with Crippen molar-refractivity contribution in [2.45, 2.75) is 45.6 Å². The Morgan fingerprint density at radius 1 is 1.44 bits per heavy atom. The van der Waals surface area contributed by atoms with Gasteiger partial charge in [-0.15, -0.1) is 0 Å². The third kappa shape index (κ3) is 2.94. The summed E-state index contributed by atoms with van der Waals surface area (Å²) >= 11 is 3.43. The first-order valence-corrected chi connectivity index (χ1v) is 6.82. The van der Waals surface area contributed by atoms with E-state index in [0.717, 1.165) is 35.0 Å². The van der Waals surface area contributed by atoms with E-state index in [1.807, 2.05) is 6.07 Å². The van der Waals surface area contributed by atoms with Gasteiger partial charge in [0.1, 0.15) is 16.2 Å². The Bertz CT molecular complexity index is 367. The van der Waals surface area contributed by atoms with Crippen molar-refractivity contribution in [1.29, 1.82) is 0 Å². The molecule has 0 aliphatic heterocycles. The normalized spacial score (nSPS) is 23.2. The van der Waals surface area contributed by atoms with Gasteiger partial charge in [0, 0.05) is 18.5 Å². The summed E-state index contributed by atoms with van der Waals surface area (Å²) in [5.74, 6) is 2.72. The van der Waals surface area contributed by atoms with Crippen LogP contribution in [-0.4, -0.2) is 16.0 Å². The molecular formula is C12H18BrN3. The van der Waals surface area contributed by atoms with Crippen LogP contribution >= 0.6 is 15.9 Å². The topological polar surface area (TPSA) is 37.8 Å². The molecule has 1 aliphatic rings. The van der Waals surface area contributed by atoms with Crippen molar-refractivity contribution in [2.24, 2.45) is 5.92 Å². The molecule has 1 aliphatic carbocycles. The van der Waals surface area contributed by atoms with Crippen LogP contribution < -0.4 is 5.32 Å². The molecule has 1 saturated carbocycles. The van der Waals surface area contributed by atoms with Crippen molar-refractivity contribution in [1.82, 2.24) is 9.97 Å². The zero-order chi connectivity index (χ0) is 11.5. The standard InChI is InChI=1S/C12H18BrN3/c1-3-5-11-15-10(13)7-12(16-11)14-9-6-8(9)4-2/h7-9H,3-6H2,1-2H3,(H,14,15,16). The first kappa shape index (κ1) is 11.8. The van der Waals surface area contributed by atoms with Crippen LogP contribution in [0.2, 0.25) is 0 Å². The van der Waals surface area contributed by atoms with Crippen LogP contribution in [0.5, 0.6) is 0 Å². The molecule has 1 fully saturated rings. The number of hydrogen-bond acceptors (Lipinski definition) is 3. The van der Waals surface area contributed by atoms with Crippen LogP contribution in [0.3, 0.4) is 0 Å². The summed E-state index contributed by atoms with van der Waals surface area (Å²) in [7, 11) is 0.